The van der Waals surface area contributed by atoms with Crippen molar-refractivity contribution in [1.29, 1.82) is 0 Å². The number of rotatable bonds is 4. The Bertz CT molecular complexity index is 361. The second-order valence-electron chi connectivity index (χ2n) is 4.20. The Morgan fingerprint density at radius 2 is 2.27 bits per heavy atom. The highest BCUT2D eigenvalue weighted by Gasteiger charge is 2.37. The van der Waals surface area contributed by atoms with Gasteiger partial charge in [-0.2, -0.15) is 0 Å². The van der Waals surface area contributed by atoms with E-state index in [4.69, 9.17) is 0 Å². The molecule has 0 saturated carbocycles. The van der Waals surface area contributed by atoms with Crippen LogP contribution in [-0.2, 0) is 16.9 Å². The lowest BCUT2D eigenvalue weighted by atomic mass is 9.87. The van der Waals surface area contributed by atoms with Gasteiger partial charge in [-0.1, -0.05) is 44.0 Å². The van der Waals surface area contributed by atoms with Crippen LogP contribution in [0.3, 0.4) is 0 Å². The summed E-state index contributed by atoms with van der Waals surface area (Å²) in [4.78, 5) is 11.3. The smallest absolute Gasteiger partial charge is 0.144 e. The monoisotopic (exact) mass is 203 g/mol. The molecule has 0 spiro atoms. The van der Waals surface area contributed by atoms with Gasteiger partial charge in [0.1, 0.15) is 11.8 Å². The molecule has 0 saturated heterocycles. The highest BCUT2D eigenvalue weighted by Crippen LogP contribution is 2.33. The van der Waals surface area contributed by atoms with E-state index in [0.29, 0.717) is 0 Å². The topological polar surface area (TPSA) is 29.1 Å². The van der Waals surface area contributed by atoms with Crippen LogP contribution in [0.5, 0.6) is 0 Å². The first-order chi connectivity index (χ1) is 7.32. The summed E-state index contributed by atoms with van der Waals surface area (Å²) in [6.07, 6.45) is 4.19. The van der Waals surface area contributed by atoms with Crippen molar-refractivity contribution in [2.24, 2.45) is 0 Å². The number of carbonyl (C=O) groups excluding carboxylic acids is 1. The van der Waals surface area contributed by atoms with Crippen molar-refractivity contribution in [3.05, 3.63) is 35.4 Å². The van der Waals surface area contributed by atoms with Crippen LogP contribution in [0.15, 0.2) is 24.3 Å². The van der Waals surface area contributed by atoms with E-state index in [1.807, 2.05) is 12.1 Å². The first-order valence-electron chi connectivity index (χ1n) is 5.62. The van der Waals surface area contributed by atoms with E-state index in [2.05, 4.69) is 24.4 Å². The minimum Gasteiger partial charge on any atom is -0.301 e. The zero-order chi connectivity index (χ0) is 10.7. The molecular formula is C13H17NO. The molecule has 1 aliphatic heterocycles. The molecule has 0 fully saturated rings. The van der Waals surface area contributed by atoms with Gasteiger partial charge in [0, 0.05) is 6.54 Å². The Labute approximate surface area is 90.7 Å². The lowest BCUT2D eigenvalue weighted by molar-refractivity contribution is -0.113. The van der Waals surface area contributed by atoms with E-state index in [-0.39, 0.29) is 0 Å². The summed E-state index contributed by atoms with van der Waals surface area (Å²) < 4.78 is 0. The maximum absolute atomic E-state index is 11.3. The second-order valence-corrected chi connectivity index (χ2v) is 4.20. The molecule has 1 aromatic rings. The first-order valence-corrected chi connectivity index (χ1v) is 5.62. The summed E-state index contributed by atoms with van der Waals surface area (Å²) in [6, 6.07) is 8.20. The molecule has 2 rings (SSSR count). The van der Waals surface area contributed by atoms with E-state index < -0.39 is 5.54 Å². The fraction of sp³-hybridized carbons (Fsp3) is 0.462. The Kier molecular flexibility index (Phi) is 2.87. The van der Waals surface area contributed by atoms with Crippen molar-refractivity contribution in [3.8, 4) is 0 Å². The third-order valence-corrected chi connectivity index (χ3v) is 3.22. The SMILES string of the molecule is CCCCC1(C=O)NCc2ccccc21. The maximum atomic E-state index is 11.3. The van der Waals surface area contributed by atoms with Gasteiger partial charge in [-0.3, -0.25) is 5.32 Å². The van der Waals surface area contributed by atoms with E-state index in [1.165, 1.54) is 11.1 Å². The maximum Gasteiger partial charge on any atom is 0.144 e. The normalized spacial score (nSPS) is 23.8. The average Bonchev–Trinajstić information content (AvgIpc) is 2.66. The third-order valence-electron chi connectivity index (χ3n) is 3.22. The molecule has 1 aliphatic rings. The number of benzene rings is 1. The lowest BCUT2D eigenvalue weighted by Gasteiger charge is -2.24. The predicted molar refractivity (Wildman–Crippen MR) is 60.5 cm³/mol. The summed E-state index contributed by atoms with van der Waals surface area (Å²) in [6.45, 7) is 2.97. The molecule has 2 heteroatoms. The summed E-state index contributed by atoms with van der Waals surface area (Å²) >= 11 is 0. The van der Waals surface area contributed by atoms with Gasteiger partial charge in [-0.15, -0.1) is 0 Å². The summed E-state index contributed by atoms with van der Waals surface area (Å²) in [5.74, 6) is 0. The van der Waals surface area contributed by atoms with Crippen LogP contribution < -0.4 is 5.32 Å². The predicted octanol–water partition coefficient (Wildman–Crippen LogP) is 2.37. The molecule has 0 radical (unpaired) electrons. The van der Waals surface area contributed by atoms with E-state index in [9.17, 15) is 4.79 Å². The van der Waals surface area contributed by atoms with Crippen LogP contribution in [-0.4, -0.2) is 6.29 Å². The minimum atomic E-state index is -0.410. The van der Waals surface area contributed by atoms with Gasteiger partial charge in [-0.05, 0) is 17.5 Å². The molecular weight excluding hydrogens is 186 g/mol. The fourth-order valence-corrected chi connectivity index (χ4v) is 2.30. The van der Waals surface area contributed by atoms with Crippen molar-refractivity contribution in [3.63, 3.8) is 0 Å². The number of unbranched alkanes of at least 4 members (excludes halogenated alkanes) is 1. The number of carbonyl (C=O) groups is 1. The van der Waals surface area contributed by atoms with Crippen LogP contribution in [0, 0.1) is 0 Å². The molecule has 0 aromatic heterocycles. The first kappa shape index (κ1) is 10.4. The summed E-state index contributed by atoms with van der Waals surface area (Å²) in [5, 5.41) is 3.35. The lowest BCUT2D eigenvalue weighted by Crippen LogP contribution is -2.38. The van der Waals surface area contributed by atoms with Gasteiger partial charge in [0.05, 0.1) is 0 Å². The molecule has 1 atom stereocenters. The van der Waals surface area contributed by atoms with Gasteiger partial charge in [-0.25, -0.2) is 0 Å². The number of aldehydes is 1. The summed E-state index contributed by atoms with van der Waals surface area (Å²) in [7, 11) is 0. The average molecular weight is 203 g/mol. The van der Waals surface area contributed by atoms with Gasteiger partial charge >= 0.3 is 0 Å². The fourth-order valence-electron chi connectivity index (χ4n) is 2.30. The van der Waals surface area contributed by atoms with Gasteiger partial charge < -0.3 is 4.79 Å². The van der Waals surface area contributed by atoms with Crippen LogP contribution in [0.4, 0.5) is 0 Å². The molecule has 1 aromatic carbocycles. The quantitative estimate of drug-likeness (QED) is 0.761. The third kappa shape index (κ3) is 1.70. The molecule has 0 bridgehead atoms. The van der Waals surface area contributed by atoms with Crippen LogP contribution in [0.2, 0.25) is 0 Å². The zero-order valence-electron chi connectivity index (χ0n) is 9.12. The van der Waals surface area contributed by atoms with Crippen molar-refractivity contribution in [2.45, 2.75) is 38.3 Å². The van der Waals surface area contributed by atoms with Crippen molar-refractivity contribution < 1.29 is 4.79 Å². The standard InChI is InChI=1S/C13H17NO/c1-2-3-8-13(10-15)12-7-5-4-6-11(12)9-14-13/h4-7,10,14H,2-3,8-9H2,1H3. The molecule has 15 heavy (non-hydrogen) atoms. The van der Waals surface area contributed by atoms with Gasteiger partial charge in [0.25, 0.3) is 0 Å². The van der Waals surface area contributed by atoms with Crippen molar-refractivity contribution in [1.82, 2.24) is 5.32 Å². The van der Waals surface area contributed by atoms with Crippen LogP contribution in [0.25, 0.3) is 0 Å². The number of nitrogens with one attached hydrogen (secondary N) is 1. The van der Waals surface area contributed by atoms with Crippen LogP contribution in [0.1, 0.15) is 37.3 Å². The van der Waals surface area contributed by atoms with Gasteiger partial charge in [0.15, 0.2) is 0 Å². The Morgan fingerprint density at radius 1 is 1.47 bits per heavy atom. The minimum absolute atomic E-state index is 0.410. The van der Waals surface area contributed by atoms with E-state index >= 15 is 0 Å². The Morgan fingerprint density at radius 3 is 3.00 bits per heavy atom. The van der Waals surface area contributed by atoms with Crippen molar-refractivity contribution >= 4 is 6.29 Å². The molecule has 0 amide bonds. The molecule has 1 heterocycles. The molecule has 80 valence electrons. The summed E-state index contributed by atoms with van der Waals surface area (Å²) in [5.41, 5.74) is 2.03. The highest BCUT2D eigenvalue weighted by molar-refractivity contribution is 5.70. The van der Waals surface area contributed by atoms with E-state index in [0.717, 1.165) is 32.1 Å². The Hall–Kier alpha value is -1.15. The number of hydrogen-bond donors (Lipinski definition) is 1. The zero-order valence-corrected chi connectivity index (χ0v) is 9.12. The molecule has 0 aliphatic carbocycles. The number of fused-ring (bicyclic) bond motifs is 1. The highest BCUT2D eigenvalue weighted by atomic mass is 16.1. The second kappa shape index (κ2) is 4.15. The molecule has 1 N–H and O–H groups in total. The van der Waals surface area contributed by atoms with E-state index in [1.54, 1.807) is 0 Å². The van der Waals surface area contributed by atoms with Crippen LogP contribution >= 0.6 is 0 Å². The van der Waals surface area contributed by atoms with Gasteiger partial charge in [0.2, 0.25) is 0 Å². The van der Waals surface area contributed by atoms with Crippen molar-refractivity contribution in [2.75, 3.05) is 0 Å². The largest absolute Gasteiger partial charge is 0.301 e. The number of hydrogen-bond acceptors (Lipinski definition) is 2. The Balaban J connectivity index is 2.32. The molecule has 1 unspecified atom stereocenters. The molecule has 2 nitrogen and oxygen atoms in total.